The quantitative estimate of drug-likeness (QED) is 0.224. The fourth-order valence-electron chi connectivity index (χ4n) is 5.71. The number of anilines is 2. The Morgan fingerprint density at radius 2 is 1.54 bits per heavy atom. The molecule has 0 unspecified atom stereocenters. The second kappa shape index (κ2) is 10.5. The first kappa shape index (κ1) is 24.7. The van der Waals surface area contributed by atoms with Gasteiger partial charge in [-0.3, -0.25) is 19.7 Å². The topological polar surface area (TPSA) is 83.8 Å². The van der Waals surface area contributed by atoms with Crippen molar-refractivity contribution >= 4 is 28.9 Å². The summed E-state index contributed by atoms with van der Waals surface area (Å²) in [6.07, 6.45) is 3.02. The van der Waals surface area contributed by atoms with Crippen molar-refractivity contribution in [1.82, 2.24) is 0 Å². The number of hydrogen-bond acceptors (Lipinski definition) is 5. The summed E-state index contributed by atoms with van der Waals surface area (Å²) < 4.78 is 0. The number of amides is 2. The van der Waals surface area contributed by atoms with Gasteiger partial charge in [-0.15, -0.1) is 0 Å². The van der Waals surface area contributed by atoms with E-state index in [0.717, 1.165) is 24.0 Å². The van der Waals surface area contributed by atoms with E-state index >= 15 is 0 Å². The van der Waals surface area contributed by atoms with Crippen molar-refractivity contribution in [3.05, 3.63) is 100 Å². The molecule has 190 valence electrons. The number of carbonyl (C=O) groups is 2. The molecule has 0 spiro atoms. The highest BCUT2D eigenvalue weighted by Crippen LogP contribution is 2.43. The second-order valence-electron chi connectivity index (χ2n) is 10.2. The molecule has 37 heavy (non-hydrogen) atoms. The molecule has 1 heterocycles. The molecular weight excluding hydrogens is 466 g/mol. The zero-order chi connectivity index (χ0) is 25.9. The third-order valence-electron chi connectivity index (χ3n) is 7.67. The van der Waals surface area contributed by atoms with Crippen molar-refractivity contribution in [3.63, 3.8) is 0 Å². The molecule has 3 aromatic carbocycles. The summed E-state index contributed by atoms with van der Waals surface area (Å²) in [4.78, 5) is 41.4. The molecule has 2 amide bonds. The highest BCUT2D eigenvalue weighted by atomic mass is 16.6. The smallest absolute Gasteiger partial charge is 0.294 e. The number of hydrogen-bond donors (Lipinski definition) is 0. The first-order valence-electron chi connectivity index (χ1n) is 12.9. The first-order valence-corrected chi connectivity index (χ1v) is 12.9. The second-order valence-corrected chi connectivity index (χ2v) is 10.2. The standard InChI is InChI=1S/C30H31N3O4/c1-21-12-14-25-26(18-21)30(35)32(29(25)34)24-13-15-27(28(19-24)33(36)37)31(20-23-10-6-3-7-11-23)17-16-22-8-4-2-5-9-22/h2-11,13,15,19,21,25-26H,12,14,16-18,20H2,1H3/t21-,25-,26-/m1/s1. The van der Waals surface area contributed by atoms with E-state index in [1.807, 2.05) is 65.6 Å². The molecule has 1 aliphatic carbocycles. The number of carbonyl (C=O) groups excluding carboxylic acids is 2. The maximum absolute atomic E-state index is 13.2. The largest absolute Gasteiger partial charge is 0.361 e. The minimum Gasteiger partial charge on any atom is -0.361 e. The van der Waals surface area contributed by atoms with Crippen LogP contribution in [0.25, 0.3) is 0 Å². The number of imide groups is 1. The zero-order valence-electron chi connectivity index (χ0n) is 21.0. The van der Waals surface area contributed by atoms with Gasteiger partial charge in [-0.25, -0.2) is 4.90 Å². The van der Waals surface area contributed by atoms with Gasteiger partial charge in [-0.05, 0) is 54.9 Å². The van der Waals surface area contributed by atoms with Gasteiger partial charge in [0.1, 0.15) is 5.69 Å². The zero-order valence-corrected chi connectivity index (χ0v) is 21.0. The van der Waals surface area contributed by atoms with Crippen LogP contribution >= 0.6 is 0 Å². The molecule has 7 heteroatoms. The van der Waals surface area contributed by atoms with Crippen molar-refractivity contribution in [2.75, 3.05) is 16.3 Å². The predicted octanol–water partition coefficient (Wildman–Crippen LogP) is 5.77. The maximum Gasteiger partial charge on any atom is 0.294 e. The highest BCUT2D eigenvalue weighted by Gasteiger charge is 2.50. The number of nitrogens with zero attached hydrogens (tertiary/aromatic N) is 3. The molecule has 1 aliphatic heterocycles. The minimum atomic E-state index is -0.417. The van der Waals surface area contributed by atoms with Gasteiger partial charge in [-0.1, -0.05) is 67.6 Å². The summed E-state index contributed by atoms with van der Waals surface area (Å²) in [5.41, 5.74) is 2.83. The van der Waals surface area contributed by atoms with Crippen LogP contribution < -0.4 is 9.80 Å². The van der Waals surface area contributed by atoms with Crippen molar-refractivity contribution in [2.24, 2.45) is 17.8 Å². The van der Waals surface area contributed by atoms with E-state index in [0.29, 0.717) is 37.5 Å². The van der Waals surface area contributed by atoms with Crippen LogP contribution in [0.2, 0.25) is 0 Å². The van der Waals surface area contributed by atoms with E-state index in [9.17, 15) is 19.7 Å². The Bertz CT molecular complexity index is 1290. The number of nitro benzene ring substituents is 1. The van der Waals surface area contributed by atoms with Crippen molar-refractivity contribution in [2.45, 2.75) is 39.2 Å². The molecule has 1 saturated heterocycles. The van der Waals surface area contributed by atoms with Crippen LogP contribution in [0.1, 0.15) is 37.3 Å². The third-order valence-corrected chi connectivity index (χ3v) is 7.67. The van der Waals surface area contributed by atoms with E-state index in [1.165, 1.54) is 11.0 Å². The Morgan fingerprint density at radius 1 is 0.892 bits per heavy atom. The fourth-order valence-corrected chi connectivity index (χ4v) is 5.71. The number of nitro groups is 1. The van der Waals surface area contributed by atoms with Crippen LogP contribution in [0.5, 0.6) is 0 Å². The van der Waals surface area contributed by atoms with Gasteiger partial charge < -0.3 is 4.90 Å². The SMILES string of the molecule is C[C@@H]1CC[C@H]2C(=O)N(c3ccc(N(CCc4ccccc4)Cc4ccccc4)c([N+](=O)[O-])c3)C(=O)[C@@H]2C1. The van der Waals surface area contributed by atoms with Gasteiger partial charge >= 0.3 is 0 Å². The number of fused-ring (bicyclic) bond motifs is 1. The summed E-state index contributed by atoms with van der Waals surface area (Å²) in [5, 5.41) is 12.3. The Balaban J connectivity index is 1.47. The summed E-state index contributed by atoms with van der Waals surface area (Å²) in [5.74, 6) is -0.702. The lowest BCUT2D eigenvalue weighted by Gasteiger charge is -2.26. The molecule has 0 radical (unpaired) electrons. The molecule has 5 rings (SSSR count). The molecule has 7 nitrogen and oxygen atoms in total. The first-order chi connectivity index (χ1) is 17.9. The van der Waals surface area contributed by atoms with Crippen LogP contribution in [-0.2, 0) is 22.6 Å². The molecule has 2 aliphatic rings. The molecule has 0 N–H and O–H groups in total. The van der Waals surface area contributed by atoms with E-state index in [-0.39, 0.29) is 35.0 Å². The number of rotatable bonds is 8. The van der Waals surface area contributed by atoms with E-state index in [2.05, 4.69) is 6.92 Å². The van der Waals surface area contributed by atoms with Crippen molar-refractivity contribution in [1.29, 1.82) is 0 Å². The lowest BCUT2D eigenvalue weighted by molar-refractivity contribution is -0.384. The van der Waals surface area contributed by atoms with Gasteiger partial charge in [0.05, 0.1) is 22.4 Å². The van der Waals surface area contributed by atoms with Crippen LogP contribution in [0.3, 0.4) is 0 Å². The van der Waals surface area contributed by atoms with Crippen LogP contribution in [0.4, 0.5) is 17.1 Å². The molecule has 2 fully saturated rings. The molecule has 0 bridgehead atoms. The highest BCUT2D eigenvalue weighted by molar-refractivity contribution is 6.22. The molecule has 0 aromatic heterocycles. The maximum atomic E-state index is 13.2. The van der Waals surface area contributed by atoms with Crippen LogP contribution in [-0.4, -0.2) is 23.3 Å². The molecule has 3 atom stereocenters. The fraction of sp³-hybridized carbons (Fsp3) is 0.333. The number of benzene rings is 3. The lowest BCUT2D eigenvalue weighted by Crippen LogP contribution is -2.31. The van der Waals surface area contributed by atoms with Crippen molar-refractivity contribution < 1.29 is 14.5 Å². The van der Waals surface area contributed by atoms with E-state index in [4.69, 9.17) is 0 Å². The summed E-state index contributed by atoms with van der Waals surface area (Å²) in [6, 6.07) is 24.6. The van der Waals surface area contributed by atoms with Gasteiger partial charge in [0.25, 0.3) is 5.69 Å². The van der Waals surface area contributed by atoms with Gasteiger partial charge in [-0.2, -0.15) is 0 Å². The minimum absolute atomic E-state index is 0.106. The Morgan fingerprint density at radius 3 is 2.22 bits per heavy atom. The summed E-state index contributed by atoms with van der Waals surface area (Å²) in [7, 11) is 0. The van der Waals surface area contributed by atoms with Gasteiger partial charge in [0.2, 0.25) is 11.8 Å². The average Bonchev–Trinajstić information content (AvgIpc) is 3.16. The Labute approximate surface area is 216 Å². The monoisotopic (exact) mass is 497 g/mol. The summed E-state index contributed by atoms with van der Waals surface area (Å²) >= 11 is 0. The normalized spacial score (nSPS) is 21.1. The molecule has 1 saturated carbocycles. The van der Waals surface area contributed by atoms with Gasteiger partial charge in [0, 0.05) is 19.2 Å². The Kier molecular flexibility index (Phi) is 7.04. The Hall–Kier alpha value is -4.00. The van der Waals surface area contributed by atoms with Crippen molar-refractivity contribution in [3.8, 4) is 0 Å². The van der Waals surface area contributed by atoms with Crippen LogP contribution in [0.15, 0.2) is 78.9 Å². The third kappa shape index (κ3) is 5.12. The van der Waals surface area contributed by atoms with E-state index in [1.54, 1.807) is 12.1 Å². The molecular formula is C30H31N3O4. The summed E-state index contributed by atoms with van der Waals surface area (Å²) in [6.45, 7) is 3.17. The van der Waals surface area contributed by atoms with Crippen LogP contribution in [0, 0.1) is 27.9 Å². The average molecular weight is 498 g/mol. The lowest BCUT2D eigenvalue weighted by atomic mass is 9.76. The predicted molar refractivity (Wildman–Crippen MR) is 143 cm³/mol. The molecule has 3 aromatic rings. The van der Waals surface area contributed by atoms with E-state index < -0.39 is 4.92 Å². The van der Waals surface area contributed by atoms with Gasteiger partial charge in [0.15, 0.2) is 0 Å².